The molecule has 1 amide bonds. The highest BCUT2D eigenvalue weighted by Crippen LogP contribution is 2.34. The highest BCUT2D eigenvalue weighted by atomic mass is 35.5. The van der Waals surface area contributed by atoms with Gasteiger partial charge in [-0.25, -0.2) is 0 Å². The third kappa shape index (κ3) is 4.34. The summed E-state index contributed by atoms with van der Waals surface area (Å²) in [7, 11) is 0. The third-order valence-corrected chi connectivity index (χ3v) is 5.39. The number of carbonyl (C=O) groups is 1. The van der Waals surface area contributed by atoms with Crippen LogP contribution < -0.4 is 10.6 Å². The van der Waals surface area contributed by atoms with Crippen molar-refractivity contribution in [3.8, 4) is 0 Å². The van der Waals surface area contributed by atoms with Crippen LogP contribution in [0.4, 0.5) is 0 Å². The van der Waals surface area contributed by atoms with Crippen LogP contribution in [-0.2, 0) is 9.53 Å². The Balaban J connectivity index is 0.00000176. The molecule has 22 heavy (non-hydrogen) atoms. The van der Waals surface area contributed by atoms with E-state index in [1.165, 1.54) is 32.1 Å². The molecule has 3 fully saturated rings. The minimum absolute atomic E-state index is 0. The van der Waals surface area contributed by atoms with Crippen LogP contribution in [-0.4, -0.2) is 61.8 Å². The van der Waals surface area contributed by atoms with Gasteiger partial charge in [-0.2, -0.15) is 0 Å². The van der Waals surface area contributed by atoms with E-state index < -0.39 is 0 Å². The molecular formula is C16H30ClN3O2. The number of piperazine rings is 1. The normalized spacial score (nSPS) is 26.4. The summed E-state index contributed by atoms with van der Waals surface area (Å²) in [5, 5.41) is 6.75. The zero-order valence-corrected chi connectivity index (χ0v) is 14.3. The van der Waals surface area contributed by atoms with Gasteiger partial charge in [-0.05, 0) is 25.7 Å². The van der Waals surface area contributed by atoms with E-state index in [1.54, 1.807) is 0 Å². The van der Waals surface area contributed by atoms with Crippen LogP contribution in [0.25, 0.3) is 0 Å². The molecule has 5 nitrogen and oxygen atoms in total. The molecule has 2 aliphatic heterocycles. The van der Waals surface area contributed by atoms with E-state index in [9.17, 15) is 4.79 Å². The van der Waals surface area contributed by atoms with Gasteiger partial charge >= 0.3 is 0 Å². The lowest BCUT2D eigenvalue weighted by molar-refractivity contribution is -0.126. The highest BCUT2D eigenvalue weighted by Gasteiger charge is 2.40. The lowest BCUT2D eigenvalue weighted by Gasteiger charge is -2.49. The van der Waals surface area contributed by atoms with Crippen LogP contribution >= 0.6 is 12.4 Å². The second-order valence-electron chi connectivity index (χ2n) is 6.84. The maximum absolute atomic E-state index is 12.4. The molecule has 1 saturated carbocycles. The first-order valence-corrected chi connectivity index (χ1v) is 8.61. The van der Waals surface area contributed by atoms with Crippen LogP contribution in [0, 0.1) is 0 Å². The van der Waals surface area contributed by atoms with E-state index >= 15 is 0 Å². The Kier molecular flexibility index (Phi) is 6.93. The van der Waals surface area contributed by atoms with Crippen molar-refractivity contribution in [3.05, 3.63) is 0 Å². The summed E-state index contributed by atoms with van der Waals surface area (Å²) in [5.41, 5.74) is 0.240. The Bertz CT molecular complexity index is 347. The maximum atomic E-state index is 12.4. The zero-order valence-electron chi connectivity index (χ0n) is 13.4. The van der Waals surface area contributed by atoms with Gasteiger partial charge in [0.1, 0.15) is 0 Å². The smallest absolute Gasteiger partial charge is 0.234 e. The minimum atomic E-state index is 0. The summed E-state index contributed by atoms with van der Waals surface area (Å²) in [6.07, 6.45) is 8.36. The Hall–Kier alpha value is -0.360. The molecule has 2 heterocycles. The molecule has 2 N–H and O–H groups in total. The lowest BCUT2D eigenvalue weighted by Crippen LogP contribution is -2.63. The van der Waals surface area contributed by atoms with Crippen molar-refractivity contribution in [2.75, 3.05) is 39.4 Å². The Morgan fingerprint density at radius 2 is 1.95 bits per heavy atom. The summed E-state index contributed by atoms with van der Waals surface area (Å²) in [5.74, 6) is 0.203. The molecule has 1 spiro atoms. The fourth-order valence-corrected chi connectivity index (χ4v) is 4.12. The molecule has 0 aromatic heterocycles. The third-order valence-electron chi connectivity index (χ3n) is 5.39. The van der Waals surface area contributed by atoms with Gasteiger partial charge in [-0.15, -0.1) is 12.4 Å². The topological polar surface area (TPSA) is 53.6 Å². The Morgan fingerprint density at radius 1 is 1.23 bits per heavy atom. The number of hydrogen-bond acceptors (Lipinski definition) is 4. The Labute approximate surface area is 139 Å². The largest absolute Gasteiger partial charge is 0.381 e. The summed E-state index contributed by atoms with van der Waals surface area (Å²) < 4.78 is 5.35. The first-order valence-electron chi connectivity index (χ1n) is 8.61. The molecule has 128 valence electrons. The molecule has 1 aliphatic carbocycles. The monoisotopic (exact) mass is 331 g/mol. The number of carbonyl (C=O) groups excluding carboxylic acids is 1. The van der Waals surface area contributed by atoms with Gasteiger partial charge in [0.2, 0.25) is 5.91 Å². The summed E-state index contributed by atoms with van der Waals surface area (Å²) >= 11 is 0. The van der Waals surface area contributed by atoms with E-state index in [4.69, 9.17) is 4.74 Å². The first-order chi connectivity index (χ1) is 10.3. The van der Waals surface area contributed by atoms with Crippen molar-refractivity contribution in [1.29, 1.82) is 0 Å². The molecule has 0 unspecified atom stereocenters. The second-order valence-corrected chi connectivity index (χ2v) is 6.84. The molecule has 0 aromatic rings. The number of amides is 1. The molecule has 3 aliphatic rings. The summed E-state index contributed by atoms with van der Waals surface area (Å²) in [6.45, 7) is 5.19. The van der Waals surface area contributed by atoms with Crippen molar-refractivity contribution in [2.45, 2.75) is 56.5 Å². The summed E-state index contributed by atoms with van der Waals surface area (Å²) in [6, 6.07) is 0.316. The van der Waals surface area contributed by atoms with Gasteiger partial charge in [0, 0.05) is 44.4 Å². The van der Waals surface area contributed by atoms with Crippen LogP contribution in [0.1, 0.15) is 44.9 Å². The van der Waals surface area contributed by atoms with Gasteiger partial charge in [0.25, 0.3) is 0 Å². The minimum Gasteiger partial charge on any atom is -0.381 e. The highest BCUT2D eigenvalue weighted by molar-refractivity contribution is 5.85. The van der Waals surface area contributed by atoms with Crippen molar-refractivity contribution in [3.63, 3.8) is 0 Å². The predicted molar refractivity (Wildman–Crippen MR) is 89.5 cm³/mol. The van der Waals surface area contributed by atoms with Crippen LogP contribution in [0.15, 0.2) is 0 Å². The van der Waals surface area contributed by atoms with Crippen LogP contribution in [0.2, 0.25) is 0 Å². The Morgan fingerprint density at radius 3 is 2.68 bits per heavy atom. The number of halogens is 1. The molecule has 0 aromatic carbocycles. The molecule has 0 atom stereocenters. The quantitative estimate of drug-likeness (QED) is 0.819. The van der Waals surface area contributed by atoms with Crippen molar-refractivity contribution in [1.82, 2.24) is 15.5 Å². The number of nitrogens with one attached hydrogen (secondary N) is 2. The fourth-order valence-electron chi connectivity index (χ4n) is 4.12. The first kappa shape index (κ1) is 18.0. The maximum Gasteiger partial charge on any atom is 0.234 e. The van der Waals surface area contributed by atoms with Crippen LogP contribution in [0.3, 0.4) is 0 Å². The van der Waals surface area contributed by atoms with Crippen molar-refractivity contribution < 1.29 is 9.53 Å². The van der Waals surface area contributed by atoms with E-state index in [0.717, 1.165) is 45.7 Å². The molecule has 6 heteroatoms. The molecule has 2 saturated heterocycles. The van der Waals surface area contributed by atoms with Gasteiger partial charge < -0.3 is 15.4 Å². The van der Waals surface area contributed by atoms with Gasteiger partial charge in [-0.1, -0.05) is 19.3 Å². The second kappa shape index (κ2) is 8.48. The van der Waals surface area contributed by atoms with E-state index in [1.807, 2.05) is 0 Å². The van der Waals surface area contributed by atoms with Gasteiger partial charge in [0.15, 0.2) is 0 Å². The van der Waals surface area contributed by atoms with E-state index in [2.05, 4.69) is 15.5 Å². The summed E-state index contributed by atoms with van der Waals surface area (Å²) in [4.78, 5) is 14.8. The average Bonchev–Trinajstić information content (AvgIpc) is 2.52. The SMILES string of the molecule is Cl.O=C(CN1CCNCC12CCCCC2)NC1CCOCC1. The molecule has 0 bridgehead atoms. The van der Waals surface area contributed by atoms with E-state index in [-0.39, 0.29) is 23.9 Å². The lowest BCUT2D eigenvalue weighted by atomic mass is 9.79. The standard InChI is InChI=1S/C16H29N3O2.ClH/c20-15(18-14-4-10-21-11-5-14)12-19-9-8-17-13-16(19)6-2-1-3-7-16;/h14,17H,1-13H2,(H,18,20);1H. The molecule has 3 rings (SSSR count). The van der Waals surface area contributed by atoms with Crippen LogP contribution in [0.5, 0.6) is 0 Å². The molecule has 0 radical (unpaired) electrons. The fraction of sp³-hybridized carbons (Fsp3) is 0.938. The van der Waals surface area contributed by atoms with Gasteiger partial charge in [0.05, 0.1) is 6.54 Å². The predicted octanol–water partition coefficient (Wildman–Crippen LogP) is 1.31. The van der Waals surface area contributed by atoms with Crippen molar-refractivity contribution in [2.24, 2.45) is 0 Å². The van der Waals surface area contributed by atoms with Gasteiger partial charge in [-0.3, -0.25) is 9.69 Å². The number of nitrogens with zero attached hydrogens (tertiary/aromatic N) is 1. The number of hydrogen-bond donors (Lipinski definition) is 2. The molecular weight excluding hydrogens is 302 g/mol. The number of rotatable bonds is 3. The van der Waals surface area contributed by atoms with Crippen molar-refractivity contribution >= 4 is 18.3 Å². The zero-order chi connectivity index (χ0) is 14.5. The number of ether oxygens (including phenoxy) is 1. The van der Waals surface area contributed by atoms with E-state index in [0.29, 0.717) is 12.6 Å². The average molecular weight is 332 g/mol.